The smallest absolute Gasteiger partial charge is 0.237 e. The van der Waals surface area contributed by atoms with Crippen LogP contribution in [-0.4, -0.2) is 39.6 Å². The Kier molecular flexibility index (Phi) is 6.77. The van der Waals surface area contributed by atoms with Crippen LogP contribution in [0.1, 0.15) is 13.8 Å². The van der Waals surface area contributed by atoms with Gasteiger partial charge < -0.3 is 19.4 Å². The molecule has 0 saturated carbocycles. The van der Waals surface area contributed by atoms with Crippen molar-refractivity contribution in [3.63, 3.8) is 0 Å². The van der Waals surface area contributed by atoms with Gasteiger partial charge in [0.05, 0.1) is 30.2 Å². The van der Waals surface area contributed by atoms with Crippen LogP contribution in [0.15, 0.2) is 53.7 Å². The van der Waals surface area contributed by atoms with Crippen molar-refractivity contribution in [3.8, 4) is 22.9 Å². The molecule has 0 saturated heterocycles. The summed E-state index contributed by atoms with van der Waals surface area (Å²) in [5.74, 6) is 1.92. The number of hydrogen-bond donors (Lipinski definition) is 1. The lowest BCUT2D eigenvalue weighted by Gasteiger charge is -2.14. The quantitative estimate of drug-likeness (QED) is 0.563. The number of thioether (sulfide) groups is 1. The Morgan fingerprint density at radius 3 is 2.55 bits per heavy atom. The van der Waals surface area contributed by atoms with Gasteiger partial charge >= 0.3 is 0 Å². The largest absolute Gasteiger partial charge is 0.496 e. The van der Waals surface area contributed by atoms with E-state index in [0.29, 0.717) is 29.0 Å². The first-order valence-corrected chi connectivity index (χ1v) is 10.1. The lowest BCUT2D eigenvalue weighted by atomic mass is 10.2. The zero-order valence-corrected chi connectivity index (χ0v) is 17.7. The molecule has 0 radical (unpaired) electrons. The van der Waals surface area contributed by atoms with Gasteiger partial charge in [-0.3, -0.25) is 4.79 Å². The van der Waals surface area contributed by atoms with Crippen molar-refractivity contribution >= 4 is 23.4 Å². The Morgan fingerprint density at radius 2 is 1.83 bits per heavy atom. The number of nitrogens with one attached hydrogen (secondary N) is 1. The van der Waals surface area contributed by atoms with Gasteiger partial charge in [-0.05, 0) is 38.1 Å². The Bertz CT molecular complexity index is 990. The molecule has 1 aromatic heterocycles. The van der Waals surface area contributed by atoms with Crippen molar-refractivity contribution < 1.29 is 14.3 Å². The van der Waals surface area contributed by atoms with Gasteiger partial charge in [0.25, 0.3) is 0 Å². The summed E-state index contributed by atoms with van der Waals surface area (Å²) in [7, 11) is 3.50. The second-order valence-electron chi connectivity index (χ2n) is 6.24. The second kappa shape index (κ2) is 9.47. The maximum Gasteiger partial charge on any atom is 0.237 e. The molecule has 29 heavy (non-hydrogen) atoms. The molecule has 0 aliphatic heterocycles. The molecule has 0 fully saturated rings. The SMILES string of the molecule is CCOc1ccccc1NC(=O)[C@@H](C)Sc1nnc(-c2ccccc2OC)n1C. The van der Waals surface area contributed by atoms with E-state index in [1.165, 1.54) is 11.8 Å². The summed E-state index contributed by atoms with van der Waals surface area (Å²) in [6, 6.07) is 15.0. The number of ether oxygens (including phenoxy) is 2. The number of methoxy groups -OCH3 is 1. The normalized spacial score (nSPS) is 11.7. The number of nitrogens with zero attached hydrogens (tertiary/aromatic N) is 3. The Balaban J connectivity index is 1.74. The fraction of sp³-hybridized carbons (Fsp3) is 0.286. The van der Waals surface area contributed by atoms with Crippen molar-refractivity contribution in [1.29, 1.82) is 0 Å². The van der Waals surface area contributed by atoms with Gasteiger partial charge in [0.2, 0.25) is 5.91 Å². The van der Waals surface area contributed by atoms with Crippen LogP contribution in [-0.2, 0) is 11.8 Å². The molecular formula is C21H24N4O3S. The van der Waals surface area contributed by atoms with Crippen LogP contribution < -0.4 is 14.8 Å². The van der Waals surface area contributed by atoms with E-state index >= 15 is 0 Å². The molecule has 3 rings (SSSR count). The minimum atomic E-state index is -0.377. The predicted molar refractivity (Wildman–Crippen MR) is 115 cm³/mol. The molecule has 0 unspecified atom stereocenters. The molecule has 0 bridgehead atoms. The van der Waals surface area contributed by atoms with E-state index in [1.807, 2.05) is 74.0 Å². The highest BCUT2D eigenvalue weighted by atomic mass is 32.2. The minimum absolute atomic E-state index is 0.135. The topological polar surface area (TPSA) is 78.3 Å². The van der Waals surface area contributed by atoms with Crippen LogP contribution in [0.5, 0.6) is 11.5 Å². The first kappa shape index (κ1) is 20.7. The summed E-state index contributed by atoms with van der Waals surface area (Å²) >= 11 is 1.34. The van der Waals surface area contributed by atoms with Crippen LogP contribution in [0.2, 0.25) is 0 Å². The van der Waals surface area contributed by atoms with Crippen LogP contribution >= 0.6 is 11.8 Å². The van der Waals surface area contributed by atoms with Crippen LogP contribution in [0.25, 0.3) is 11.4 Å². The summed E-state index contributed by atoms with van der Waals surface area (Å²) in [6.07, 6.45) is 0. The van der Waals surface area contributed by atoms with E-state index in [4.69, 9.17) is 9.47 Å². The summed E-state index contributed by atoms with van der Waals surface area (Å²) in [4.78, 5) is 12.7. The lowest BCUT2D eigenvalue weighted by molar-refractivity contribution is -0.115. The number of anilines is 1. The maximum absolute atomic E-state index is 12.7. The van der Waals surface area contributed by atoms with Gasteiger partial charge in [-0.25, -0.2) is 0 Å². The molecule has 2 aromatic carbocycles. The summed E-state index contributed by atoms with van der Waals surface area (Å²) in [5, 5.41) is 11.7. The van der Waals surface area contributed by atoms with E-state index in [1.54, 1.807) is 7.11 Å². The molecule has 7 nitrogen and oxygen atoms in total. The first-order chi connectivity index (χ1) is 14.0. The highest BCUT2D eigenvalue weighted by Crippen LogP contribution is 2.31. The molecule has 3 aromatic rings. The molecule has 8 heteroatoms. The Labute approximate surface area is 174 Å². The number of hydrogen-bond acceptors (Lipinski definition) is 6. The van der Waals surface area contributed by atoms with Gasteiger partial charge in [-0.2, -0.15) is 0 Å². The number of benzene rings is 2. The number of para-hydroxylation sites is 3. The zero-order valence-electron chi connectivity index (χ0n) is 16.9. The molecule has 152 valence electrons. The zero-order chi connectivity index (χ0) is 20.8. The number of carbonyl (C=O) groups excluding carboxylic acids is 1. The van der Waals surface area contributed by atoms with E-state index < -0.39 is 0 Å². The Morgan fingerprint density at radius 1 is 1.14 bits per heavy atom. The van der Waals surface area contributed by atoms with Crippen LogP contribution in [0.4, 0.5) is 5.69 Å². The standard InChI is InChI=1S/C21H24N4O3S/c1-5-28-18-13-9-7-11-16(18)22-20(26)14(2)29-21-24-23-19(25(21)3)15-10-6-8-12-17(15)27-4/h6-14H,5H2,1-4H3,(H,22,26)/t14-/m1/s1. The molecular weight excluding hydrogens is 388 g/mol. The third-order valence-corrected chi connectivity index (χ3v) is 5.41. The van der Waals surface area contributed by atoms with E-state index in [2.05, 4.69) is 15.5 Å². The fourth-order valence-corrected chi connectivity index (χ4v) is 3.59. The van der Waals surface area contributed by atoms with Gasteiger partial charge in [-0.1, -0.05) is 36.0 Å². The van der Waals surface area contributed by atoms with Gasteiger partial charge in [0.1, 0.15) is 11.5 Å². The number of carbonyl (C=O) groups is 1. The fourth-order valence-electron chi connectivity index (χ4n) is 2.78. The van der Waals surface area contributed by atoms with Crippen molar-refractivity contribution in [3.05, 3.63) is 48.5 Å². The molecule has 0 aliphatic carbocycles. The average Bonchev–Trinajstić information content (AvgIpc) is 3.09. The number of amides is 1. The van der Waals surface area contributed by atoms with Crippen LogP contribution in [0, 0.1) is 0 Å². The minimum Gasteiger partial charge on any atom is -0.496 e. The summed E-state index contributed by atoms with van der Waals surface area (Å²) < 4.78 is 12.8. The highest BCUT2D eigenvalue weighted by molar-refractivity contribution is 8.00. The lowest BCUT2D eigenvalue weighted by Crippen LogP contribution is -2.23. The Hall–Kier alpha value is -3.00. The van der Waals surface area contributed by atoms with Crippen molar-refractivity contribution in [2.45, 2.75) is 24.3 Å². The summed E-state index contributed by atoms with van der Waals surface area (Å²) in [6.45, 7) is 4.27. The van der Waals surface area contributed by atoms with E-state index in [-0.39, 0.29) is 11.2 Å². The molecule has 0 aliphatic rings. The number of aromatic nitrogens is 3. The van der Waals surface area contributed by atoms with E-state index in [9.17, 15) is 4.79 Å². The van der Waals surface area contributed by atoms with Crippen molar-refractivity contribution in [2.75, 3.05) is 19.0 Å². The third-order valence-electron chi connectivity index (χ3n) is 4.28. The molecule has 1 amide bonds. The molecule has 1 N–H and O–H groups in total. The molecule has 1 heterocycles. The first-order valence-electron chi connectivity index (χ1n) is 9.27. The van der Waals surface area contributed by atoms with Crippen molar-refractivity contribution in [1.82, 2.24) is 14.8 Å². The van der Waals surface area contributed by atoms with Crippen molar-refractivity contribution in [2.24, 2.45) is 7.05 Å². The molecule has 0 spiro atoms. The maximum atomic E-state index is 12.7. The number of rotatable bonds is 8. The van der Waals surface area contributed by atoms with Gasteiger partial charge in [0, 0.05) is 7.05 Å². The second-order valence-corrected chi connectivity index (χ2v) is 7.55. The van der Waals surface area contributed by atoms with E-state index in [0.717, 1.165) is 11.3 Å². The average molecular weight is 413 g/mol. The monoisotopic (exact) mass is 412 g/mol. The summed E-state index contributed by atoms with van der Waals surface area (Å²) in [5.41, 5.74) is 1.50. The van der Waals surface area contributed by atoms with Gasteiger partial charge in [-0.15, -0.1) is 10.2 Å². The molecule has 1 atom stereocenters. The predicted octanol–water partition coefficient (Wildman–Crippen LogP) is 4.01. The van der Waals surface area contributed by atoms with Gasteiger partial charge in [0.15, 0.2) is 11.0 Å². The van der Waals surface area contributed by atoms with Crippen LogP contribution in [0.3, 0.4) is 0 Å². The third kappa shape index (κ3) is 4.71. The highest BCUT2D eigenvalue weighted by Gasteiger charge is 2.21.